The van der Waals surface area contributed by atoms with Crippen LogP contribution in [-0.2, 0) is 14.6 Å². The van der Waals surface area contributed by atoms with Crippen molar-refractivity contribution in [1.29, 1.82) is 0 Å². The lowest BCUT2D eigenvalue weighted by atomic mass is 9.80. The Morgan fingerprint density at radius 3 is 2.24 bits per heavy atom. The molecule has 2 aliphatic rings. The van der Waals surface area contributed by atoms with Gasteiger partial charge in [0.2, 0.25) is 0 Å². The maximum atomic E-state index is 13.8. The van der Waals surface area contributed by atoms with Crippen LogP contribution in [0.25, 0.3) is 0 Å². The molecule has 2 bridgehead atoms. The van der Waals surface area contributed by atoms with Crippen molar-refractivity contribution in [2.24, 2.45) is 17.8 Å². The van der Waals surface area contributed by atoms with Crippen molar-refractivity contribution in [2.45, 2.75) is 35.8 Å². The Bertz CT molecular complexity index is 1300. The highest BCUT2D eigenvalue weighted by atomic mass is 35.5. The third-order valence-electron chi connectivity index (χ3n) is 7.23. The molecule has 2 amide bonds. The number of sulfone groups is 1. The number of hydrogen-bond acceptors (Lipinski definition) is 5. The number of halogens is 4. The van der Waals surface area contributed by atoms with Gasteiger partial charge in [-0.25, -0.2) is 26.4 Å². The summed E-state index contributed by atoms with van der Waals surface area (Å²) in [5.74, 6) is -5.57. The van der Waals surface area contributed by atoms with Gasteiger partial charge in [0.25, 0.3) is 5.91 Å². The molecule has 2 saturated carbocycles. The lowest BCUT2D eigenvalue weighted by Gasteiger charge is -2.36. The Kier molecular flexibility index (Phi) is 7.75. The SMILES string of the molecule is COC(=O)N(C)C[C@@H]1CC2CC[C@@H](C1)C2S(=O)(=O)c1cc(C(=O)Nc2cc(F)c(F)c(F)c2)ccc1Cl. The number of anilines is 1. The minimum absolute atomic E-state index is 0.0395. The van der Waals surface area contributed by atoms with Crippen LogP contribution in [0.15, 0.2) is 35.2 Å². The summed E-state index contributed by atoms with van der Waals surface area (Å²) in [5, 5.41) is 1.53. The van der Waals surface area contributed by atoms with E-state index in [1.807, 2.05) is 0 Å². The number of ether oxygens (including phenoxy) is 1. The summed E-state index contributed by atoms with van der Waals surface area (Å²) < 4.78 is 72.5. The number of fused-ring (bicyclic) bond motifs is 2. The minimum Gasteiger partial charge on any atom is -0.453 e. The molecule has 37 heavy (non-hydrogen) atoms. The molecule has 2 aromatic rings. The van der Waals surface area contributed by atoms with E-state index in [-0.39, 0.29) is 38.9 Å². The second kappa shape index (κ2) is 10.5. The molecule has 4 atom stereocenters. The average molecular weight is 559 g/mol. The number of methoxy groups -OCH3 is 1. The van der Waals surface area contributed by atoms with Crippen LogP contribution in [0.5, 0.6) is 0 Å². The Morgan fingerprint density at radius 1 is 1.08 bits per heavy atom. The first kappa shape index (κ1) is 27.3. The minimum atomic E-state index is -3.94. The number of benzene rings is 2. The molecule has 200 valence electrons. The summed E-state index contributed by atoms with van der Waals surface area (Å²) in [7, 11) is -0.990. The van der Waals surface area contributed by atoms with E-state index in [1.54, 1.807) is 7.05 Å². The van der Waals surface area contributed by atoms with E-state index in [0.717, 1.165) is 18.9 Å². The van der Waals surface area contributed by atoms with Crippen LogP contribution in [0.2, 0.25) is 5.02 Å². The van der Waals surface area contributed by atoms with Crippen molar-refractivity contribution in [2.75, 3.05) is 26.0 Å². The van der Waals surface area contributed by atoms with E-state index in [0.29, 0.717) is 31.5 Å². The molecule has 0 radical (unpaired) electrons. The molecule has 2 aliphatic carbocycles. The quantitative estimate of drug-likeness (QED) is 0.487. The molecule has 0 heterocycles. The van der Waals surface area contributed by atoms with E-state index in [1.165, 1.54) is 24.1 Å². The predicted octanol–water partition coefficient (Wildman–Crippen LogP) is 5.29. The highest BCUT2D eigenvalue weighted by Crippen LogP contribution is 2.50. The Balaban J connectivity index is 1.55. The van der Waals surface area contributed by atoms with Gasteiger partial charge in [0.15, 0.2) is 27.3 Å². The number of amides is 2. The van der Waals surface area contributed by atoms with Crippen LogP contribution < -0.4 is 5.32 Å². The topological polar surface area (TPSA) is 92.8 Å². The molecule has 2 fully saturated rings. The van der Waals surface area contributed by atoms with Crippen molar-refractivity contribution in [3.63, 3.8) is 0 Å². The monoisotopic (exact) mass is 558 g/mol. The van der Waals surface area contributed by atoms with Crippen LogP contribution in [0.3, 0.4) is 0 Å². The second-order valence-corrected chi connectivity index (χ2v) is 12.1. The fourth-order valence-electron chi connectivity index (χ4n) is 5.71. The van der Waals surface area contributed by atoms with Crippen LogP contribution in [-0.4, -0.2) is 51.3 Å². The van der Waals surface area contributed by atoms with Gasteiger partial charge in [-0.3, -0.25) is 4.79 Å². The molecular formula is C25H26ClF3N2O5S. The summed E-state index contributed by atoms with van der Waals surface area (Å²) in [6.07, 6.45) is 2.26. The first-order chi connectivity index (χ1) is 17.4. The molecule has 2 aromatic carbocycles. The van der Waals surface area contributed by atoms with Gasteiger partial charge in [-0.2, -0.15) is 0 Å². The number of hydrogen-bond donors (Lipinski definition) is 1. The molecule has 0 saturated heterocycles. The van der Waals surface area contributed by atoms with E-state index in [4.69, 9.17) is 16.3 Å². The van der Waals surface area contributed by atoms with Gasteiger partial charge in [0.1, 0.15) is 0 Å². The molecule has 7 nitrogen and oxygen atoms in total. The Hall–Kier alpha value is -2.79. The van der Waals surface area contributed by atoms with Gasteiger partial charge in [-0.05, 0) is 61.6 Å². The maximum absolute atomic E-state index is 13.8. The van der Waals surface area contributed by atoms with E-state index >= 15 is 0 Å². The first-order valence-electron chi connectivity index (χ1n) is 11.7. The zero-order valence-corrected chi connectivity index (χ0v) is 21.7. The van der Waals surface area contributed by atoms with Crippen LogP contribution in [0, 0.1) is 35.2 Å². The summed E-state index contributed by atoms with van der Waals surface area (Å²) >= 11 is 6.28. The third-order valence-corrected chi connectivity index (χ3v) is 10.1. The van der Waals surface area contributed by atoms with Gasteiger partial charge in [0.05, 0.1) is 22.3 Å². The fraction of sp³-hybridized carbons (Fsp3) is 0.440. The van der Waals surface area contributed by atoms with Gasteiger partial charge in [-0.1, -0.05) is 11.6 Å². The summed E-state index contributed by atoms with van der Waals surface area (Å²) in [6.45, 7) is 0.466. The Morgan fingerprint density at radius 2 is 1.68 bits per heavy atom. The number of carbonyl (C=O) groups is 2. The lowest BCUT2D eigenvalue weighted by Crippen LogP contribution is -2.41. The van der Waals surface area contributed by atoms with Crippen molar-refractivity contribution in [3.8, 4) is 0 Å². The molecule has 4 rings (SSSR count). The fourth-order valence-corrected chi connectivity index (χ4v) is 8.58. The zero-order valence-electron chi connectivity index (χ0n) is 20.1. The highest BCUT2D eigenvalue weighted by Gasteiger charge is 2.50. The number of nitrogens with one attached hydrogen (secondary N) is 1. The molecule has 2 unspecified atom stereocenters. The largest absolute Gasteiger partial charge is 0.453 e. The highest BCUT2D eigenvalue weighted by molar-refractivity contribution is 7.92. The third kappa shape index (κ3) is 5.43. The zero-order chi connectivity index (χ0) is 27.1. The maximum Gasteiger partial charge on any atom is 0.409 e. The molecule has 0 spiro atoms. The number of nitrogens with zero attached hydrogens (tertiary/aromatic N) is 1. The van der Waals surface area contributed by atoms with E-state index in [9.17, 15) is 31.2 Å². The summed E-state index contributed by atoms with van der Waals surface area (Å²) in [6, 6.07) is 4.98. The van der Waals surface area contributed by atoms with E-state index < -0.39 is 44.5 Å². The predicted molar refractivity (Wildman–Crippen MR) is 131 cm³/mol. The average Bonchev–Trinajstić information content (AvgIpc) is 3.13. The van der Waals surface area contributed by atoms with Gasteiger partial charge in [0, 0.05) is 37.0 Å². The van der Waals surface area contributed by atoms with Crippen LogP contribution >= 0.6 is 11.6 Å². The van der Waals surface area contributed by atoms with Gasteiger partial charge < -0.3 is 15.0 Å². The molecular weight excluding hydrogens is 533 g/mol. The van der Waals surface area contributed by atoms with Crippen molar-refractivity contribution in [3.05, 3.63) is 58.4 Å². The molecule has 12 heteroatoms. The smallest absolute Gasteiger partial charge is 0.409 e. The van der Waals surface area contributed by atoms with Crippen LogP contribution in [0.1, 0.15) is 36.0 Å². The van der Waals surface area contributed by atoms with E-state index in [2.05, 4.69) is 5.32 Å². The van der Waals surface area contributed by atoms with Crippen molar-refractivity contribution >= 4 is 39.1 Å². The Labute approximate surface area is 217 Å². The molecule has 0 aromatic heterocycles. The summed E-state index contributed by atoms with van der Waals surface area (Å²) in [4.78, 5) is 25.8. The normalized spacial score (nSPS) is 23.0. The van der Waals surface area contributed by atoms with Crippen molar-refractivity contribution < 1.29 is 35.9 Å². The van der Waals surface area contributed by atoms with Crippen LogP contribution in [0.4, 0.5) is 23.7 Å². The number of carbonyl (C=O) groups excluding carboxylic acids is 2. The molecule has 0 aliphatic heterocycles. The van der Waals surface area contributed by atoms with Gasteiger partial charge in [-0.15, -0.1) is 0 Å². The first-order valence-corrected chi connectivity index (χ1v) is 13.6. The lowest BCUT2D eigenvalue weighted by molar-refractivity contribution is 0.102. The summed E-state index contributed by atoms with van der Waals surface area (Å²) in [5.41, 5.74) is -0.414. The number of rotatable bonds is 6. The van der Waals surface area contributed by atoms with Crippen molar-refractivity contribution in [1.82, 2.24) is 4.90 Å². The second-order valence-electron chi connectivity index (χ2n) is 9.65. The molecule has 1 N–H and O–H groups in total. The van der Waals surface area contributed by atoms with Gasteiger partial charge >= 0.3 is 6.09 Å². The standard InChI is InChI=1S/C25H26ClF3N2O5S/c1-31(25(33)36-2)12-13-7-14-3-4-15(8-13)23(14)37(34,35)21-9-16(5-6-18(21)26)24(32)30-17-10-19(27)22(29)20(28)11-17/h5-6,9-11,13-15,23H,3-4,7-8,12H2,1-2H3,(H,30,32)/t13-,14-,15?,23?/m0/s1.